The number of nitrogens with one attached hydrogen (secondary N) is 5. The zero-order valence-corrected chi connectivity index (χ0v) is 33.0. The second kappa shape index (κ2) is 20.3. The molecule has 0 saturated heterocycles. The van der Waals surface area contributed by atoms with E-state index in [0.717, 1.165) is 11.4 Å². The summed E-state index contributed by atoms with van der Waals surface area (Å²) in [7, 11) is 0. The quantitative estimate of drug-likeness (QED) is 0.208. The molecule has 3 heterocycles. The van der Waals surface area contributed by atoms with Crippen LogP contribution < -0.4 is 26.6 Å². The van der Waals surface area contributed by atoms with E-state index in [1.54, 1.807) is 30.3 Å². The van der Waals surface area contributed by atoms with Gasteiger partial charge in [0.05, 0.1) is 19.1 Å². The fraction of sp³-hybridized carbons (Fsp3) is 0.541. The Bertz CT molecular complexity index is 1680. The Morgan fingerprint density at radius 1 is 0.943 bits per heavy atom. The van der Waals surface area contributed by atoms with E-state index in [-0.39, 0.29) is 36.4 Å². The normalized spacial score (nSPS) is 23.0. The van der Waals surface area contributed by atoms with E-state index in [2.05, 4.69) is 36.6 Å². The van der Waals surface area contributed by atoms with Crippen molar-refractivity contribution in [3.63, 3.8) is 0 Å². The van der Waals surface area contributed by atoms with Crippen LogP contribution in [0.4, 0.5) is 0 Å². The van der Waals surface area contributed by atoms with Crippen molar-refractivity contribution in [2.45, 2.75) is 97.2 Å². The maximum Gasteiger partial charge on any atom is 0.271 e. The van der Waals surface area contributed by atoms with E-state index in [9.17, 15) is 24.0 Å². The Morgan fingerprint density at radius 2 is 1.66 bits per heavy atom. The van der Waals surface area contributed by atoms with Crippen LogP contribution in [0, 0.1) is 5.92 Å². The Labute approximate surface area is 320 Å². The zero-order valence-electron chi connectivity index (χ0n) is 31.4. The van der Waals surface area contributed by atoms with Gasteiger partial charge >= 0.3 is 0 Å². The minimum absolute atomic E-state index is 0.00418. The fourth-order valence-corrected chi connectivity index (χ4v) is 7.56. The van der Waals surface area contributed by atoms with Crippen molar-refractivity contribution in [1.82, 2.24) is 46.0 Å². The Kier molecular flexibility index (Phi) is 15.8. The molecule has 0 unspecified atom stereocenters. The number of carbonyl (C=O) groups is 5. The molecule has 16 heteroatoms. The van der Waals surface area contributed by atoms with E-state index in [1.807, 2.05) is 73.0 Å². The van der Waals surface area contributed by atoms with Crippen LogP contribution in [0.25, 0.3) is 0 Å². The molecule has 1 aliphatic rings. The predicted molar refractivity (Wildman–Crippen MR) is 207 cm³/mol. The highest BCUT2D eigenvalue weighted by Gasteiger charge is 2.31. The number of carbonyl (C=O) groups excluding carboxylic acids is 5. The van der Waals surface area contributed by atoms with Gasteiger partial charge in [0.1, 0.15) is 34.7 Å². The van der Waals surface area contributed by atoms with Crippen LogP contribution in [0.3, 0.4) is 0 Å². The Morgan fingerprint density at radius 3 is 2.34 bits per heavy atom. The molecule has 3 aromatic rings. The summed E-state index contributed by atoms with van der Waals surface area (Å²) in [5.74, 6) is -0.892. The first kappa shape index (κ1) is 41.5. The summed E-state index contributed by atoms with van der Waals surface area (Å²) in [4.78, 5) is 79.1. The van der Waals surface area contributed by atoms with Gasteiger partial charge in [-0.05, 0) is 56.6 Å². The molecule has 0 spiro atoms. The van der Waals surface area contributed by atoms with Crippen LogP contribution in [-0.2, 0) is 38.7 Å². The van der Waals surface area contributed by atoms with Gasteiger partial charge in [-0.2, -0.15) is 11.8 Å². The topological polar surface area (TPSA) is 179 Å². The number of fused-ring (bicyclic) bond motifs is 2. The number of amides is 5. The van der Waals surface area contributed by atoms with Crippen molar-refractivity contribution in [1.29, 1.82) is 0 Å². The summed E-state index contributed by atoms with van der Waals surface area (Å²) in [6.07, 6.45) is 6.65. The van der Waals surface area contributed by atoms with Gasteiger partial charge in [0.25, 0.3) is 5.91 Å². The second-order valence-electron chi connectivity index (χ2n) is 13.6. The Hall–Kier alpha value is -4.28. The average Bonchev–Trinajstić information content (AvgIpc) is 3.81. The van der Waals surface area contributed by atoms with Gasteiger partial charge in [-0.1, -0.05) is 51.1 Å². The lowest BCUT2D eigenvalue weighted by molar-refractivity contribution is -0.132. The summed E-state index contributed by atoms with van der Waals surface area (Å²) in [5, 5.41) is 16.8. The Balaban J connectivity index is 1.74. The molecular formula is C37H53N9O5S2. The smallest absolute Gasteiger partial charge is 0.271 e. The lowest BCUT2D eigenvalue weighted by Gasteiger charge is -2.30. The molecule has 0 fully saturated rings. The minimum atomic E-state index is -0.979. The highest BCUT2D eigenvalue weighted by Crippen LogP contribution is 2.25. The predicted octanol–water partition coefficient (Wildman–Crippen LogP) is 2.67. The van der Waals surface area contributed by atoms with E-state index in [1.165, 1.54) is 18.3 Å². The van der Waals surface area contributed by atoms with E-state index in [4.69, 9.17) is 0 Å². The molecule has 5 amide bonds. The number of nitrogens with zero attached hydrogens (tertiary/aromatic N) is 4. The average molecular weight is 768 g/mol. The molecule has 1 aliphatic heterocycles. The second-order valence-corrected chi connectivity index (χ2v) is 15.4. The lowest BCUT2D eigenvalue weighted by Crippen LogP contribution is -2.57. The number of rotatable bonds is 10. The highest BCUT2D eigenvalue weighted by atomic mass is 32.2. The monoisotopic (exact) mass is 767 g/mol. The fourth-order valence-electron chi connectivity index (χ4n) is 6.07. The maximum absolute atomic E-state index is 14.1. The first-order valence-electron chi connectivity index (χ1n) is 18.1. The molecule has 5 atom stereocenters. The van der Waals surface area contributed by atoms with Crippen molar-refractivity contribution in [2.24, 2.45) is 5.92 Å². The summed E-state index contributed by atoms with van der Waals surface area (Å²) in [5.41, 5.74) is 1.12. The number of aryl methyl sites for hydroxylation is 1. The number of thioether (sulfide) groups is 1. The van der Waals surface area contributed by atoms with Crippen LogP contribution in [0.15, 0.2) is 48.1 Å². The van der Waals surface area contributed by atoms with Gasteiger partial charge in [0, 0.05) is 36.9 Å². The number of hydrogen-bond donors (Lipinski definition) is 5. The largest absolute Gasteiger partial charge is 0.350 e. The van der Waals surface area contributed by atoms with Crippen molar-refractivity contribution in [2.75, 3.05) is 25.1 Å². The van der Waals surface area contributed by atoms with Gasteiger partial charge in [0.15, 0.2) is 0 Å². The molecule has 0 saturated carbocycles. The summed E-state index contributed by atoms with van der Waals surface area (Å²) < 4.78 is 2.01. The van der Waals surface area contributed by atoms with Crippen molar-refractivity contribution < 1.29 is 24.0 Å². The number of thiazole rings is 1. The van der Waals surface area contributed by atoms with E-state index >= 15 is 0 Å². The summed E-state index contributed by atoms with van der Waals surface area (Å²) in [6, 6.07) is 6.06. The molecule has 1 aromatic carbocycles. The molecule has 14 nitrogen and oxygen atoms in total. The van der Waals surface area contributed by atoms with Gasteiger partial charge < -0.3 is 31.2 Å². The molecule has 288 valence electrons. The highest BCUT2D eigenvalue weighted by molar-refractivity contribution is 7.98. The SMILES string of the molecule is CC[C@@H]1NC(=O)[C@@H](C)NC(=O)c2csc(n2)[C@H](C(C)C)NC(=O)CN(Cc2nccn2CC)C[C@H](Cc2ccccc2)NC(=O)[C@H](CCSC)NC1=O. The third kappa shape index (κ3) is 12.1. The molecule has 4 rings (SSSR count). The van der Waals surface area contributed by atoms with Crippen molar-refractivity contribution in [3.8, 4) is 0 Å². The summed E-state index contributed by atoms with van der Waals surface area (Å²) in [6.45, 7) is 10.6. The van der Waals surface area contributed by atoms with Gasteiger partial charge in [-0.15, -0.1) is 11.3 Å². The first-order chi connectivity index (χ1) is 25.4. The summed E-state index contributed by atoms with van der Waals surface area (Å²) >= 11 is 2.81. The van der Waals surface area contributed by atoms with Crippen LogP contribution in [0.1, 0.15) is 80.4 Å². The number of benzene rings is 1. The van der Waals surface area contributed by atoms with Crippen LogP contribution in [-0.4, -0.2) is 98.2 Å². The van der Waals surface area contributed by atoms with Gasteiger partial charge in [-0.3, -0.25) is 28.9 Å². The standard InChI is InChI=1S/C37H53N9O5S2/c1-7-27-34(49)42-28(14-17-52-6)35(50)40-26(18-25-12-10-9-11-13-25)19-45(20-30-38-15-16-46(30)8-2)21-31(47)44-32(23(3)4)37-43-29(22-53-37)36(51)39-24(5)33(48)41-27/h9-13,15-16,22-24,26-28,32H,7-8,14,17-21H2,1-6H3,(H,39,51)(H,40,50)(H,41,48)(H,42,49)(H,44,47)/t24-,26+,27+,28+,32+/m1/s1. The van der Waals surface area contributed by atoms with Crippen LogP contribution in [0.5, 0.6) is 0 Å². The number of hydrogen-bond acceptors (Lipinski definition) is 10. The third-order valence-electron chi connectivity index (χ3n) is 9.05. The molecule has 0 aliphatic carbocycles. The molecule has 5 N–H and O–H groups in total. The van der Waals surface area contributed by atoms with E-state index in [0.29, 0.717) is 43.2 Å². The molecule has 0 radical (unpaired) electrons. The number of aromatic nitrogens is 3. The number of imidazole rings is 1. The van der Waals surface area contributed by atoms with E-state index < -0.39 is 47.9 Å². The van der Waals surface area contributed by atoms with Crippen LogP contribution >= 0.6 is 23.1 Å². The molecular weight excluding hydrogens is 715 g/mol. The minimum Gasteiger partial charge on any atom is -0.350 e. The van der Waals surface area contributed by atoms with Crippen molar-refractivity contribution >= 4 is 52.6 Å². The van der Waals surface area contributed by atoms with Crippen molar-refractivity contribution in [3.05, 3.63) is 70.2 Å². The molecule has 2 aromatic heterocycles. The van der Waals surface area contributed by atoms with Crippen LogP contribution in [0.2, 0.25) is 0 Å². The van der Waals surface area contributed by atoms with Gasteiger partial charge in [-0.25, -0.2) is 9.97 Å². The molecule has 2 bridgehead atoms. The zero-order chi connectivity index (χ0) is 38.5. The first-order valence-corrected chi connectivity index (χ1v) is 20.4. The maximum atomic E-state index is 14.1. The van der Waals surface area contributed by atoms with Gasteiger partial charge in [0.2, 0.25) is 23.6 Å². The molecule has 53 heavy (non-hydrogen) atoms. The third-order valence-corrected chi connectivity index (χ3v) is 10.6. The lowest BCUT2D eigenvalue weighted by atomic mass is 10.0.